The minimum absolute atomic E-state index is 0.225. The highest BCUT2D eigenvalue weighted by molar-refractivity contribution is 6.34. The molecule has 0 spiro atoms. The highest BCUT2D eigenvalue weighted by Gasteiger charge is 2.24. The lowest BCUT2D eigenvalue weighted by atomic mass is 10.0. The van der Waals surface area contributed by atoms with Crippen LogP contribution in [0.5, 0.6) is 0 Å². The number of hydrogen-bond donors (Lipinski definition) is 1. The van der Waals surface area contributed by atoms with Gasteiger partial charge in [0, 0.05) is 70.3 Å². The van der Waals surface area contributed by atoms with Crippen LogP contribution in [0, 0.1) is 11.3 Å². The maximum absolute atomic E-state index is 12.1. The zero-order valence-corrected chi connectivity index (χ0v) is 26.8. The number of ether oxygens (including phenoxy) is 2. The Morgan fingerprint density at radius 2 is 1.56 bits per heavy atom. The number of fused-ring (bicyclic) bond motifs is 10. The fraction of sp³-hybridized carbons (Fsp3) is 0.263. The van der Waals surface area contributed by atoms with Crippen LogP contribution in [-0.4, -0.2) is 48.2 Å². The van der Waals surface area contributed by atoms with E-state index in [1.54, 1.807) is 26.0 Å². The zero-order valence-electron chi connectivity index (χ0n) is 26.8. The summed E-state index contributed by atoms with van der Waals surface area (Å²) in [5.41, 5.74) is 6.52. The number of aromatic amines is 1. The Bertz CT molecular complexity index is 2320. The molecule has 0 atom stereocenters. The summed E-state index contributed by atoms with van der Waals surface area (Å²) in [7, 11) is 0. The van der Waals surface area contributed by atoms with Crippen LogP contribution >= 0.6 is 0 Å². The van der Waals surface area contributed by atoms with Crippen molar-refractivity contribution < 1.29 is 27.9 Å². The molecule has 7 aromatic rings. The molecule has 7 rings (SSSR count). The standard InChI is InChI=1S/C38H34N4O6/c1-3-45-30(43)11-7-19-42(20-8-12-31(44)46-4-2)25-17-18-27-29(21-25)47-36-33(27)32-26-9-5-6-10-28(26)40-34(32)37-35(36)41-38(48-37)24-15-13-23(22-39)14-16-24/h5-6,9-10,13-18,21,40H,3-4,7-8,11-12,19-20H2,1-2H3. The maximum atomic E-state index is 12.1. The first kappa shape index (κ1) is 30.8. The normalized spacial score (nSPS) is 11.5. The van der Waals surface area contributed by atoms with Crippen molar-refractivity contribution in [3.05, 3.63) is 72.3 Å². The Labute approximate surface area is 275 Å². The lowest BCUT2D eigenvalue weighted by Gasteiger charge is -2.24. The molecule has 4 aromatic carbocycles. The number of H-pyrrole nitrogens is 1. The summed E-state index contributed by atoms with van der Waals surface area (Å²) >= 11 is 0. The van der Waals surface area contributed by atoms with Crippen LogP contribution in [0.3, 0.4) is 0 Å². The Hall–Kier alpha value is -5.82. The van der Waals surface area contributed by atoms with Gasteiger partial charge in [0.05, 0.1) is 30.4 Å². The van der Waals surface area contributed by atoms with Gasteiger partial charge in [-0.2, -0.15) is 5.26 Å². The SMILES string of the molecule is CCOC(=O)CCCN(CCCC(=O)OCC)c1ccc2c(c1)oc1c3nc(-c4ccc(C#N)cc4)oc3c3[nH]c4ccccc4c3c21. The Kier molecular flexibility index (Phi) is 8.42. The number of rotatable bonds is 12. The minimum atomic E-state index is -0.225. The smallest absolute Gasteiger partial charge is 0.305 e. The second-order valence-corrected chi connectivity index (χ2v) is 11.6. The quantitative estimate of drug-likeness (QED) is 0.130. The van der Waals surface area contributed by atoms with Gasteiger partial charge in [-0.1, -0.05) is 18.2 Å². The van der Waals surface area contributed by atoms with Crippen molar-refractivity contribution in [2.75, 3.05) is 31.2 Å². The molecular weight excluding hydrogens is 608 g/mol. The third-order valence-corrected chi connectivity index (χ3v) is 8.55. The van der Waals surface area contributed by atoms with Crippen LogP contribution in [0.15, 0.2) is 75.6 Å². The zero-order chi connectivity index (χ0) is 33.2. The Morgan fingerprint density at radius 3 is 2.25 bits per heavy atom. The van der Waals surface area contributed by atoms with Gasteiger partial charge in [0.1, 0.15) is 5.58 Å². The molecule has 0 aliphatic rings. The fourth-order valence-corrected chi connectivity index (χ4v) is 6.39. The van der Waals surface area contributed by atoms with Gasteiger partial charge >= 0.3 is 11.9 Å². The molecule has 0 saturated carbocycles. The third kappa shape index (κ3) is 5.68. The summed E-state index contributed by atoms with van der Waals surface area (Å²) in [5, 5.41) is 13.2. The molecule has 48 heavy (non-hydrogen) atoms. The number of nitrogens with zero attached hydrogens (tertiary/aromatic N) is 3. The van der Waals surface area contributed by atoms with Gasteiger partial charge in [0.15, 0.2) is 16.7 Å². The van der Waals surface area contributed by atoms with Gasteiger partial charge in [-0.15, -0.1) is 0 Å². The van der Waals surface area contributed by atoms with Crippen molar-refractivity contribution in [1.29, 1.82) is 5.26 Å². The largest absolute Gasteiger partial charge is 0.466 e. The monoisotopic (exact) mass is 642 g/mol. The first-order valence-corrected chi connectivity index (χ1v) is 16.2. The van der Waals surface area contributed by atoms with Crippen LogP contribution < -0.4 is 4.90 Å². The highest BCUT2D eigenvalue weighted by atomic mass is 16.5. The molecule has 0 amide bonds. The second-order valence-electron chi connectivity index (χ2n) is 11.6. The number of furan rings is 1. The number of nitriles is 1. The number of aromatic nitrogens is 2. The van der Waals surface area contributed by atoms with Crippen LogP contribution in [0.4, 0.5) is 5.69 Å². The molecule has 0 saturated heterocycles. The van der Waals surface area contributed by atoms with Crippen LogP contribution in [0.1, 0.15) is 45.1 Å². The van der Waals surface area contributed by atoms with Crippen molar-refractivity contribution in [2.45, 2.75) is 39.5 Å². The van der Waals surface area contributed by atoms with E-state index in [1.807, 2.05) is 36.4 Å². The molecule has 0 radical (unpaired) electrons. The van der Waals surface area contributed by atoms with Gasteiger partial charge in [-0.05, 0) is 69.2 Å². The van der Waals surface area contributed by atoms with E-state index in [0.29, 0.717) is 85.7 Å². The van der Waals surface area contributed by atoms with Crippen molar-refractivity contribution in [2.24, 2.45) is 0 Å². The number of carbonyl (C=O) groups excluding carboxylic acids is 2. The summed E-state index contributed by atoms with van der Waals surface area (Å²) < 4.78 is 23.4. The van der Waals surface area contributed by atoms with Gasteiger partial charge in [0.25, 0.3) is 0 Å². The van der Waals surface area contributed by atoms with Crippen molar-refractivity contribution in [1.82, 2.24) is 9.97 Å². The second kappa shape index (κ2) is 13.1. The average Bonchev–Trinajstić information content (AvgIpc) is 3.81. The minimum Gasteiger partial charge on any atom is -0.466 e. The predicted molar refractivity (Wildman–Crippen MR) is 185 cm³/mol. The van der Waals surface area contributed by atoms with E-state index in [1.165, 1.54) is 0 Å². The van der Waals surface area contributed by atoms with Gasteiger partial charge in [0.2, 0.25) is 5.89 Å². The number of oxazole rings is 1. The van der Waals surface area contributed by atoms with E-state index in [4.69, 9.17) is 23.3 Å². The first-order chi connectivity index (χ1) is 23.5. The molecule has 0 bridgehead atoms. The van der Waals surface area contributed by atoms with Crippen LogP contribution in [-0.2, 0) is 19.1 Å². The molecule has 1 N–H and O–H groups in total. The van der Waals surface area contributed by atoms with Crippen molar-refractivity contribution >= 4 is 72.5 Å². The van der Waals surface area contributed by atoms with Gasteiger partial charge < -0.3 is 28.2 Å². The van der Waals surface area contributed by atoms with E-state index < -0.39 is 0 Å². The molecule has 10 nitrogen and oxygen atoms in total. The molecule has 3 heterocycles. The van der Waals surface area contributed by atoms with Crippen molar-refractivity contribution in [3.63, 3.8) is 0 Å². The number of nitrogens with one attached hydrogen (secondary N) is 1. The molecule has 242 valence electrons. The van der Waals surface area contributed by atoms with E-state index >= 15 is 0 Å². The molecule has 0 aliphatic heterocycles. The van der Waals surface area contributed by atoms with Gasteiger partial charge in [-0.25, -0.2) is 4.98 Å². The first-order valence-electron chi connectivity index (χ1n) is 16.2. The average molecular weight is 643 g/mol. The number of hydrogen-bond acceptors (Lipinski definition) is 9. The van der Waals surface area contributed by atoms with E-state index in [0.717, 1.165) is 43.8 Å². The van der Waals surface area contributed by atoms with E-state index in [2.05, 4.69) is 34.2 Å². The Balaban J connectivity index is 1.35. The highest BCUT2D eigenvalue weighted by Crippen LogP contribution is 2.45. The lowest BCUT2D eigenvalue weighted by Crippen LogP contribution is -2.27. The molecular formula is C38H34N4O6. The van der Waals surface area contributed by atoms with Gasteiger partial charge in [-0.3, -0.25) is 9.59 Å². The Morgan fingerprint density at radius 1 is 0.854 bits per heavy atom. The van der Waals surface area contributed by atoms with E-state index in [9.17, 15) is 14.9 Å². The molecule has 0 fully saturated rings. The molecule has 0 unspecified atom stereocenters. The van der Waals surface area contributed by atoms with Crippen molar-refractivity contribution in [3.8, 4) is 17.5 Å². The summed E-state index contributed by atoms with van der Waals surface area (Å²) in [6.45, 7) is 5.49. The number of esters is 2. The summed E-state index contributed by atoms with van der Waals surface area (Å²) in [6.07, 6.45) is 1.81. The van der Waals surface area contributed by atoms with Crippen LogP contribution in [0.2, 0.25) is 0 Å². The summed E-state index contributed by atoms with van der Waals surface area (Å²) in [4.78, 5) is 34.8. The number of carbonyl (C=O) groups is 2. The molecule has 0 aliphatic carbocycles. The maximum Gasteiger partial charge on any atom is 0.305 e. The molecule has 10 heteroatoms. The number of para-hydroxylation sites is 1. The topological polar surface area (TPSA) is 135 Å². The van der Waals surface area contributed by atoms with Crippen LogP contribution in [0.25, 0.3) is 66.3 Å². The third-order valence-electron chi connectivity index (χ3n) is 8.55. The van der Waals surface area contributed by atoms with E-state index in [-0.39, 0.29) is 11.9 Å². The number of anilines is 1. The summed E-state index contributed by atoms with van der Waals surface area (Å²) in [5.74, 6) is -0.0228. The lowest BCUT2D eigenvalue weighted by molar-refractivity contribution is -0.144. The predicted octanol–water partition coefficient (Wildman–Crippen LogP) is 8.39. The summed E-state index contributed by atoms with van der Waals surface area (Å²) in [6, 6.07) is 23.5. The fourth-order valence-electron chi connectivity index (χ4n) is 6.39. The number of benzene rings is 4. The molecule has 3 aromatic heterocycles.